The fourth-order valence-corrected chi connectivity index (χ4v) is 2.35. The topological polar surface area (TPSA) is 3.24 Å². The van der Waals surface area contributed by atoms with Crippen LogP contribution >= 0.6 is 11.8 Å². The van der Waals surface area contributed by atoms with Gasteiger partial charge < -0.3 is 0 Å². The Morgan fingerprint density at radius 2 is 2.20 bits per heavy atom. The van der Waals surface area contributed by atoms with Crippen LogP contribution in [0.1, 0.15) is 20.8 Å². The predicted octanol–water partition coefficient (Wildman–Crippen LogP) is 1.83. The summed E-state index contributed by atoms with van der Waals surface area (Å²) < 4.78 is 0. The highest BCUT2D eigenvalue weighted by Crippen LogP contribution is 2.18. The van der Waals surface area contributed by atoms with Crippen molar-refractivity contribution in [2.24, 2.45) is 0 Å². The van der Waals surface area contributed by atoms with Crippen molar-refractivity contribution in [1.29, 1.82) is 0 Å². The summed E-state index contributed by atoms with van der Waals surface area (Å²) in [6, 6.07) is 0.739. The molecule has 1 nitrogen and oxygen atoms in total. The Morgan fingerprint density at radius 1 is 1.50 bits per heavy atom. The Kier molecular flexibility index (Phi) is 3.05. The van der Waals surface area contributed by atoms with Gasteiger partial charge in [0.1, 0.15) is 0 Å². The van der Waals surface area contributed by atoms with Crippen LogP contribution in [0.3, 0.4) is 0 Å². The fourth-order valence-electron chi connectivity index (χ4n) is 1.31. The Bertz CT molecular complexity index is 103. The van der Waals surface area contributed by atoms with E-state index < -0.39 is 0 Å². The highest BCUT2D eigenvalue weighted by atomic mass is 32.2. The lowest BCUT2D eigenvalue weighted by Gasteiger charge is -2.33. The van der Waals surface area contributed by atoms with E-state index >= 15 is 0 Å². The van der Waals surface area contributed by atoms with Crippen molar-refractivity contribution in [3.05, 3.63) is 0 Å². The van der Waals surface area contributed by atoms with Gasteiger partial charge in [-0.2, -0.15) is 11.8 Å². The lowest BCUT2D eigenvalue weighted by atomic mass is 10.3. The molecule has 0 radical (unpaired) electrons. The maximum absolute atomic E-state index is 2.56. The molecule has 1 atom stereocenters. The molecular weight excluding hydrogens is 142 g/mol. The fraction of sp³-hybridized carbons (Fsp3) is 1.00. The van der Waals surface area contributed by atoms with E-state index in [2.05, 4.69) is 37.4 Å². The van der Waals surface area contributed by atoms with Crippen LogP contribution < -0.4 is 0 Å². The maximum Gasteiger partial charge on any atom is 0.0147 e. The lowest BCUT2D eigenvalue weighted by molar-refractivity contribution is 0.232. The van der Waals surface area contributed by atoms with Crippen LogP contribution in [0.4, 0.5) is 0 Å². The zero-order valence-corrected chi connectivity index (χ0v) is 7.95. The van der Waals surface area contributed by atoms with Crippen LogP contribution in [0.15, 0.2) is 0 Å². The second-order valence-corrected chi connectivity index (χ2v) is 4.82. The van der Waals surface area contributed by atoms with Crippen molar-refractivity contribution in [3.63, 3.8) is 0 Å². The molecule has 1 heterocycles. The molecule has 1 aliphatic heterocycles. The first kappa shape index (κ1) is 8.41. The van der Waals surface area contributed by atoms with Crippen LogP contribution in [0.25, 0.3) is 0 Å². The Labute approximate surface area is 68.2 Å². The van der Waals surface area contributed by atoms with Crippen molar-refractivity contribution >= 4 is 11.8 Å². The normalized spacial score (nSPS) is 29.4. The number of hydrogen-bond acceptors (Lipinski definition) is 2. The summed E-state index contributed by atoms with van der Waals surface area (Å²) in [5, 5.41) is 0.844. The third-order valence-electron chi connectivity index (χ3n) is 2.00. The molecule has 1 aliphatic rings. The molecule has 0 aromatic rings. The first-order valence-electron chi connectivity index (χ1n) is 4.06. The third kappa shape index (κ3) is 2.17. The van der Waals surface area contributed by atoms with Gasteiger partial charge >= 0.3 is 0 Å². The molecule has 1 saturated heterocycles. The van der Waals surface area contributed by atoms with Crippen LogP contribution in [0.2, 0.25) is 0 Å². The van der Waals surface area contributed by atoms with E-state index in [9.17, 15) is 0 Å². The first-order valence-corrected chi connectivity index (χ1v) is 5.10. The molecule has 1 fully saturated rings. The van der Waals surface area contributed by atoms with Crippen molar-refractivity contribution in [1.82, 2.24) is 4.90 Å². The standard InChI is InChI=1S/C8H17NS/c1-7(2)9-4-5-10-8(3)6-9/h7-8H,4-6H2,1-3H3/t8-/m0/s1. The van der Waals surface area contributed by atoms with Crippen LogP contribution in [0, 0.1) is 0 Å². The molecule has 0 bridgehead atoms. The molecule has 0 aliphatic carbocycles. The molecule has 10 heavy (non-hydrogen) atoms. The number of hydrogen-bond donors (Lipinski definition) is 0. The zero-order valence-electron chi connectivity index (χ0n) is 7.13. The molecule has 0 aromatic heterocycles. The monoisotopic (exact) mass is 159 g/mol. The van der Waals surface area contributed by atoms with Crippen LogP contribution in [-0.2, 0) is 0 Å². The third-order valence-corrected chi connectivity index (χ3v) is 3.14. The number of nitrogens with zero attached hydrogens (tertiary/aromatic N) is 1. The second kappa shape index (κ2) is 3.63. The van der Waals surface area contributed by atoms with E-state index in [1.807, 2.05) is 0 Å². The second-order valence-electron chi connectivity index (χ2n) is 3.27. The summed E-state index contributed by atoms with van der Waals surface area (Å²) in [4.78, 5) is 2.56. The van der Waals surface area contributed by atoms with E-state index in [0.717, 1.165) is 11.3 Å². The summed E-state index contributed by atoms with van der Waals surface area (Å²) in [6.45, 7) is 9.44. The van der Waals surface area contributed by atoms with E-state index in [0.29, 0.717) is 0 Å². The van der Waals surface area contributed by atoms with Gasteiger partial charge in [-0.25, -0.2) is 0 Å². The van der Waals surface area contributed by atoms with Crippen molar-refractivity contribution in [3.8, 4) is 0 Å². The predicted molar refractivity (Wildman–Crippen MR) is 48.6 cm³/mol. The quantitative estimate of drug-likeness (QED) is 0.574. The van der Waals surface area contributed by atoms with Crippen molar-refractivity contribution in [2.45, 2.75) is 32.1 Å². The molecule has 60 valence electrons. The van der Waals surface area contributed by atoms with E-state index in [4.69, 9.17) is 0 Å². The van der Waals surface area contributed by atoms with Gasteiger partial charge in [-0.3, -0.25) is 4.90 Å². The summed E-state index contributed by atoms with van der Waals surface area (Å²) in [6.07, 6.45) is 0. The molecule has 0 spiro atoms. The highest BCUT2D eigenvalue weighted by Gasteiger charge is 2.17. The largest absolute Gasteiger partial charge is 0.299 e. The zero-order chi connectivity index (χ0) is 7.56. The van der Waals surface area contributed by atoms with Gasteiger partial charge in [-0.15, -0.1) is 0 Å². The molecule has 0 amide bonds. The first-order chi connectivity index (χ1) is 4.70. The maximum atomic E-state index is 2.56. The average molecular weight is 159 g/mol. The van der Waals surface area contributed by atoms with Crippen LogP contribution in [-0.4, -0.2) is 35.0 Å². The van der Waals surface area contributed by atoms with E-state index in [1.54, 1.807) is 0 Å². The van der Waals surface area contributed by atoms with E-state index in [1.165, 1.54) is 18.8 Å². The van der Waals surface area contributed by atoms with E-state index in [-0.39, 0.29) is 0 Å². The SMILES string of the molecule is CC(C)N1CCS[C@@H](C)C1. The summed E-state index contributed by atoms with van der Waals surface area (Å²) in [7, 11) is 0. The number of rotatable bonds is 1. The van der Waals surface area contributed by atoms with Gasteiger partial charge in [0.05, 0.1) is 0 Å². The Balaban J connectivity index is 2.32. The minimum Gasteiger partial charge on any atom is -0.299 e. The van der Waals surface area contributed by atoms with Gasteiger partial charge in [0, 0.05) is 30.1 Å². The molecular formula is C8H17NS. The van der Waals surface area contributed by atoms with Gasteiger partial charge in [0.25, 0.3) is 0 Å². The Morgan fingerprint density at radius 3 is 2.60 bits per heavy atom. The minimum absolute atomic E-state index is 0.739. The van der Waals surface area contributed by atoms with Crippen LogP contribution in [0.5, 0.6) is 0 Å². The number of thioether (sulfide) groups is 1. The highest BCUT2D eigenvalue weighted by molar-refractivity contribution is 7.99. The molecule has 1 rings (SSSR count). The van der Waals surface area contributed by atoms with Crippen molar-refractivity contribution < 1.29 is 0 Å². The lowest BCUT2D eigenvalue weighted by Crippen LogP contribution is -2.40. The molecule has 0 unspecified atom stereocenters. The van der Waals surface area contributed by atoms with Gasteiger partial charge in [-0.1, -0.05) is 6.92 Å². The summed E-state index contributed by atoms with van der Waals surface area (Å²) in [5.41, 5.74) is 0. The molecule has 0 N–H and O–H groups in total. The molecule has 0 saturated carbocycles. The minimum atomic E-state index is 0.739. The average Bonchev–Trinajstić information content (AvgIpc) is 1.88. The summed E-state index contributed by atoms with van der Waals surface area (Å²) in [5.74, 6) is 1.32. The smallest absolute Gasteiger partial charge is 0.0147 e. The molecule has 0 aromatic carbocycles. The molecule has 2 heteroatoms. The van der Waals surface area contributed by atoms with Crippen molar-refractivity contribution in [2.75, 3.05) is 18.8 Å². The Hall–Kier alpha value is 0.310. The summed E-state index contributed by atoms with van der Waals surface area (Å²) >= 11 is 2.10. The van der Waals surface area contributed by atoms with Gasteiger partial charge in [-0.05, 0) is 13.8 Å². The van der Waals surface area contributed by atoms with Gasteiger partial charge in [0.2, 0.25) is 0 Å². The van der Waals surface area contributed by atoms with Gasteiger partial charge in [0.15, 0.2) is 0 Å².